The van der Waals surface area contributed by atoms with Crippen LogP contribution in [0.2, 0.25) is 0 Å². The summed E-state index contributed by atoms with van der Waals surface area (Å²) in [6.45, 7) is 4.14. The number of nitrogens with zero attached hydrogens (tertiary/aromatic N) is 1. The van der Waals surface area contributed by atoms with Crippen LogP contribution < -0.4 is 5.32 Å². The van der Waals surface area contributed by atoms with Gasteiger partial charge in [0.1, 0.15) is 11.5 Å². The number of nitrogens with one attached hydrogen (secondary N) is 1. The van der Waals surface area contributed by atoms with Crippen LogP contribution in [-0.2, 0) is 0 Å². The summed E-state index contributed by atoms with van der Waals surface area (Å²) in [4.78, 5) is 10.3. The summed E-state index contributed by atoms with van der Waals surface area (Å²) in [5.41, 5.74) is 0.389. The third-order valence-corrected chi connectivity index (χ3v) is 3.61. The summed E-state index contributed by atoms with van der Waals surface area (Å²) < 4.78 is 13.0. The molecule has 0 heterocycles. The van der Waals surface area contributed by atoms with Crippen LogP contribution in [0.1, 0.15) is 26.7 Å². The Morgan fingerprint density at radius 2 is 2.18 bits per heavy atom. The van der Waals surface area contributed by atoms with Gasteiger partial charge in [0, 0.05) is 6.04 Å². The lowest BCUT2D eigenvalue weighted by molar-refractivity contribution is -0.384. The molecule has 1 atom stereocenters. The van der Waals surface area contributed by atoms with Gasteiger partial charge in [-0.05, 0) is 37.3 Å². The van der Waals surface area contributed by atoms with Crippen molar-refractivity contribution < 1.29 is 9.31 Å². The Kier molecular flexibility index (Phi) is 2.77. The Labute approximate surface area is 99.0 Å². The van der Waals surface area contributed by atoms with Gasteiger partial charge in [-0.2, -0.15) is 0 Å². The van der Waals surface area contributed by atoms with Gasteiger partial charge in [-0.1, -0.05) is 6.92 Å². The van der Waals surface area contributed by atoms with Gasteiger partial charge in [0.25, 0.3) is 5.69 Å². The molecule has 1 aromatic carbocycles. The second-order valence-corrected chi connectivity index (χ2v) is 4.94. The molecule has 1 aliphatic carbocycles. The van der Waals surface area contributed by atoms with Crippen LogP contribution >= 0.6 is 0 Å². The molecule has 17 heavy (non-hydrogen) atoms. The minimum atomic E-state index is -0.590. The molecule has 1 saturated carbocycles. The molecule has 0 radical (unpaired) electrons. The van der Waals surface area contributed by atoms with Crippen molar-refractivity contribution in [2.45, 2.75) is 32.7 Å². The lowest BCUT2D eigenvalue weighted by Gasteiger charge is -2.21. The first-order valence-electron chi connectivity index (χ1n) is 5.63. The molecule has 1 aromatic rings. The molecule has 2 rings (SSSR count). The molecule has 0 saturated heterocycles. The van der Waals surface area contributed by atoms with Gasteiger partial charge < -0.3 is 5.32 Å². The van der Waals surface area contributed by atoms with Gasteiger partial charge in [0.2, 0.25) is 0 Å². The van der Waals surface area contributed by atoms with Crippen molar-refractivity contribution in [3.63, 3.8) is 0 Å². The van der Waals surface area contributed by atoms with Gasteiger partial charge >= 0.3 is 0 Å². The molecule has 0 aromatic heterocycles. The van der Waals surface area contributed by atoms with Gasteiger partial charge in [-0.3, -0.25) is 10.1 Å². The fourth-order valence-electron chi connectivity index (χ4n) is 1.82. The van der Waals surface area contributed by atoms with E-state index in [0.29, 0.717) is 5.69 Å². The average molecular weight is 238 g/mol. The zero-order valence-electron chi connectivity index (χ0n) is 9.87. The summed E-state index contributed by atoms with van der Waals surface area (Å²) in [6, 6.07) is 3.75. The van der Waals surface area contributed by atoms with E-state index in [1.807, 2.05) is 6.92 Å². The fraction of sp³-hybridized carbons (Fsp3) is 0.500. The predicted octanol–water partition coefficient (Wildman–Crippen LogP) is 3.33. The summed E-state index contributed by atoms with van der Waals surface area (Å²) in [6.07, 6.45) is 2.24. The predicted molar refractivity (Wildman–Crippen MR) is 63.5 cm³/mol. The minimum absolute atomic E-state index is 0.145. The van der Waals surface area contributed by atoms with Crippen LogP contribution in [0.5, 0.6) is 0 Å². The maximum Gasteiger partial charge on any atom is 0.295 e. The first-order chi connectivity index (χ1) is 7.92. The normalized spacial score (nSPS) is 18.5. The monoisotopic (exact) mass is 238 g/mol. The van der Waals surface area contributed by atoms with Crippen LogP contribution in [0.15, 0.2) is 18.2 Å². The minimum Gasteiger partial charge on any atom is -0.376 e. The van der Waals surface area contributed by atoms with E-state index in [9.17, 15) is 14.5 Å². The highest BCUT2D eigenvalue weighted by atomic mass is 19.1. The lowest BCUT2D eigenvalue weighted by atomic mass is 10.0. The molecular formula is C12H15FN2O2. The molecule has 1 fully saturated rings. The number of nitro benzene ring substituents is 1. The van der Waals surface area contributed by atoms with Crippen molar-refractivity contribution >= 4 is 11.4 Å². The van der Waals surface area contributed by atoms with Crippen molar-refractivity contribution in [1.82, 2.24) is 0 Å². The van der Waals surface area contributed by atoms with Gasteiger partial charge in [0.15, 0.2) is 0 Å². The van der Waals surface area contributed by atoms with E-state index in [2.05, 4.69) is 12.2 Å². The van der Waals surface area contributed by atoms with E-state index in [1.165, 1.54) is 12.1 Å². The quantitative estimate of drug-likeness (QED) is 0.646. The van der Waals surface area contributed by atoms with E-state index in [4.69, 9.17) is 0 Å². The lowest BCUT2D eigenvalue weighted by Crippen LogP contribution is -2.25. The maximum absolute atomic E-state index is 13.0. The van der Waals surface area contributed by atoms with Gasteiger partial charge in [-0.25, -0.2) is 4.39 Å². The number of anilines is 1. The van der Waals surface area contributed by atoms with Gasteiger partial charge in [-0.15, -0.1) is 0 Å². The first kappa shape index (κ1) is 11.8. The first-order valence-corrected chi connectivity index (χ1v) is 5.63. The van der Waals surface area contributed by atoms with Crippen molar-refractivity contribution in [2.75, 3.05) is 5.32 Å². The Balaban J connectivity index is 2.23. The molecule has 0 bridgehead atoms. The molecule has 4 nitrogen and oxygen atoms in total. The second kappa shape index (κ2) is 3.98. The number of benzene rings is 1. The maximum atomic E-state index is 13.0. The van der Waals surface area contributed by atoms with Crippen LogP contribution in [0.4, 0.5) is 15.8 Å². The van der Waals surface area contributed by atoms with E-state index in [1.54, 1.807) is 0 Å². The Bertz CT molecular complexity index is 458. The van der Waals surface area contributed by atoms with Crippen molar-refractivity contribution in [3.8, 4) is 0 Å². The van der Waals surface area contributed by atoms with Crippen molar-refractivity contribution in [1.29, 1.82) is 0 Å². The average Bonchev–Trinajstić information content (AvgIpc) is 3.00. The van der Waals surface area contributed by atoms with Crippen LogP contribution in [0.25, 0.3) is 0 Å². The van der Waals surface area contributed by atoms with E-state index in [-0.39, 0.29) is 17.1 Å². The molecule has 0 spiro atoms. The van der Waals surface area contributed by atoms with Gasteiger partial charge in [0.05, 0.1) is 11.0 Å². The third-order valence-electron chi connectivity index (χ3n) is 3.61. The summed E-state index contributed by atoms with van der Waals surface area (Å²) in [5.74, 6) is -0.590. The molecule has 1 aliphatic rings. The van der Waals surface area contributed by atoms with E-state index < -0.39 is 10.7 Å². The Hall–Kier alpha value is -1.65. The molecule has 0 aliphatic heterocycles. The summed E-state index contributed by atoms with van der Waals surface area (Å²) in [7, 11) is 0. The van der Waals surface area contributed by atoms with Crippen molar-refractivity contribution in [3.05, 3.63) is 34.1 Å². The molecule has 5 heteroatoms. The van der Waals surface area contributed by atoms with E-state index in [0.717, 1.165) is 18.9 Å². The highest BCUT2D eigenvalue weighted by Crippen LogP contribution is 2.49. The van der Waals surface area contributed by atoms with Crippen LogP contribution in [0, 0.1) is 21.3 Å². The number of hydrogen-bond acceptors (Lipinski definition) is 3. The molecular weight excluding hydrogens is 223 g/mol. The molecule has 1 unspecified atom stereocenters. The third kappa shape index (κ3) is 2.38. The number of nitro groups is 1. The number of rotatable bonds is 4. The molecule has 1 N–H and O–H groups in total. The summed E-state index contributed by atoms with van der Waals surface area (Å²) in [5, 5.41) is 13.9. The SMILES string of the molecule is CC(Nc1ccc(F)cc1[N+](=O)[O-])C1(C)CC1. The molecule has 92 valence electrons. The Morgan fingerprint density at radius 3 is 2.71 bits per heavy atom. The second-order valence-electron chi connectivity index (χ2n) is 4.94. The number of halogens is 1. The molecule has 0 amide bonds. The van der Waals surface area contributed by atoms with E-state index >= 15 is 0 Å². The van der Waals surface area contributed by atoms with Crippen LogP contribution in [0.3, 0.4) is 0 Å². The topological polar surface area (TPSA) is 55.2 Å². The highest BCUT2D eigenvalue weighted by Gasteiger charge is 2.42. The largest absolute Gasteiger partial charge is 0.376 e. The zero-order chi connectivity index (χ0) is 12.6. The highest BCUT2D eigenvalue weighted by molar-refractivity contribution is 5.62. The zero-order valence-corrected chi connectivity index (χ0v) is 9.87. The fourth-order valence-corrected chi connectivity index (χ4v) is 1.82. The Morgan fingerprint density at radius 1 is 1.53 bits per heavy atom. The smallest absolute Gasteiger partial charge is 0.295 e. The number of hydrogen-bond donors (Lipinski definition) is 1. The van der Waals surface area contributed by atoms with Crippen LogP contribution in [-0.4, -0.2) is 11.0 Å². The summed E-state index contributed by atoms with van der Waals surface area (Å²) >= 11 is 0. The standard InChI is InChI=1S/C12H15FN2O2/c1-8(12(2)5-6-12)14-10-4-3-9(13)7-11(10)15(16)17/h3-4,7-8,14H,5-6H2,1-2H3. The van der Waals surface area contributed by atoms with Crippen molar-refractivity contribution in [2.24, 2.45) is 5.41 Å².